The number of nitrogens with zero attached hydrogens (tertiary/aromatic N) is 1. The van der Waals surface area contributed by atoms with Crippen LogP contribution in [0.2, 0.25) is 0 Å². The van der Waals surface area contributed by atoms with Crippen LogP contribution in [0.1, 0.15) is 11.1 Å². The summed E-state index contributed by atoms with van der Waals surface area (Å²) in [7, 11) is 2.69. The van der Waals surface area contributed by atoms with Crippen molar-refractivity contribution in [2.45, 2.75) is 6.18 Å². The highest BCUT2D eigenvalue weighted by atomic mass is 35.7. The number of hydrogen-bond acceptors (Lipinski definition) is 3. The molecule has 1 aromatic rings. The molecule has 0 aliphatic heterocycles. The molecule has 0 heterocycles. The van der Waals surface area contributed by atoms with Crippen molar-refractivity contribution in [2.24, 2.45) is 0 Å². The third kappa shape index (κ3) is 4.05. The van der Waals surface area contributed by atoms with Crippen LogP contribution in [0.25, 0.3) is 6.08 Å². The summed E-state index contributed by atoms with van der Waals surface area (Å²) in [5, 5.41) is 8.61. The Hall–Kier alpha value is -1.52. The fourth-order valence-electron chi connectivity index (χ4n) is 1.17. The fraction of sp³-hybridized carbons (Fsp3) is 0.100. The van der Waals surface area contributed by atoms with Crippen molar-refractivity contribution in [3.05, 3.63) is 41.2 Å². The van der Waals surface area contributed by atoms with Crippen LogP contribution in [0.4, 0.5) is 13.2 Å². The molecule has 1 atom stereocenters. The Kier molecular flexibility index (Phi) is 4.76. The van der Waals surface area contributed by atoms with Crippen molar-refractivity contribution in [3.8, 4) is 6.07 Å². The maximum Gasteiger partial charge on any atom is 0.416 e. The summed E-state index contributed by atoms with van der Waals surface area (Å²) in [5.74, 6) is -0.569. The van der Waals surface area contributed by atoms with Gasteiger partial charge in [-0.25, -0.2) is 0 Å². The first-order valence-electron chi connectivity index (χ1n) is 4.39. The highest BCUT2D eigenvalue weighted by Crippen LogP contribution is 2.32. The molecule has 0 aromatic heterocycles. The second kappa shape index (κ2) is 5.89. The number of alkyl halides is 3. The van der Waals surface area contributed by atoms with Gasteiger partial charge in [-0.05, 0) is 11.6 Å². The van der Waals surface area contributed by atoms with Crippen molar-refractivity contribution in [3.63, 3.8) is 0 Å². The first kappa shape index (κ1) is 14.5. The molecule has 1 rings (SSSR count). The van der Waals surface area contributed by atoms with Crippen LogP contribution in [-0.4, -0.2) is 4.21 Å². The number of allylic oxidation sites excluding steroid dienone is 1. The van der Waals surface area contributed by atoms with Crippen LogP contribution in [0, 0.1) is 11.3 Å². The van der Waals surface area contributed by atoms with Gasteiger partial charge in [0.2, 0.25) is 5.76 Å². The third-order valence-electron chi connectivity index (χ3n) is 1.82. The van der Waals surface area contributed by atoms with Gasteiger partial charge < -0.3 is 4.18 Å². The zero-order chi connectivity index (χ0) is 13.8. The van der Waals surface area contributed by atoms with Gasteiger partial charge in [-0.2, -0.15) is 22.6 Å². The predicted molar refractivity (Wildman–Crippen MR) is 60.1 cm³/mol. The Bertz CT molecular complexity index is 537. The van der Waals surface area contributed by atoms with Gasteiger partial charge in [0.05, 0.1) is 5.56 Å². The van der Waals surface area contributed by atoms with Crippen molar-refractivity contribution >= 4 is 27.1 Å². The number of nitriles is 1. The van der Waals surface area contributed by atoms with E-state index < -0.39 is 27.8 Å². The normalized spacial score (nSPS) is 13.8. The molecule has 0 fully saturated rings. The average Bonchev–Trinajstić information content (AvgIpc) is 2.26. The van der Waals surface area contributed by atoms with Gasteiger partial charge in [-0.1, -0.05) is 18.2 Å². The zero-order valence-electron chi connectivity index (χ0n) is 8.57. The van der Waals surface area contributed by atoms with E-state index in [1.165, 1.54) is 18.2 Å². The largest absolute Gasteiger partial charge is 0.416 e. The fourth-order valence-corrected chi connectivity index (χ4v) is 1.60. The van der Waals surface area contributed by atoms with Crippen LogP contribution >= 0.6 is 10.7 Å². The minimum absolute atomic E-state index is 0.274. The first-order chi connectivity index (χ1) is 8.34. The molecule has 0 spiro atoms. The molecule has 0 saturated heterocycles. The molecule has 3 nitrogen and oxygen atoms in total. The van der Waals surface area contributed by atoms with Crippen molar-refractivity contribution in [1.29, 1.82) is 5.26 Å². The summed E-state index contributed by atoms with van der Waals surface area (Å²) in [4.78, 5) is 0. The molecule has 0 N–H and O–H groups in total. The molecule has 0 radical (unpaired) electrons. The van der Waals surface area contributed by atoms with E-state index >= 15 is 0 Å². The highest BCUT2D eigenvalue weighted by molar-refractivity contribution is 8.04. The van der Waals surface area contributed by atoms with E-state index in [-0.39, 0.29) is 5.56 Å². The molecule has 0 amide bonds. The quantitative estimate of drug-likeness (QED) is 0.488. The monoisotopic (exact) mass is 295 g/mol. The highest BCUT2D eigenvalue weighted by Gasteiger charge is 2.32. The SMILES string of the molecule is N#CC(=Cc1ccccc1C(F)(F)F)OS(=O)Cl. The Morgan fingerprint density at radius 3 is 2.56 bits per heavy atom. The first-order valence-corrected chi connectivity index (χ1v) is 6.29. The summed E-state index contributed by atoms with van der Waals surface area (Å²) in [6.45, 7) is 0. The molecule has 0 aliphatic rings. The second-order valence-electron chi connectivity index (χ2n) is 2.98. The standard InChI is InChI=1S/C10H5ClF3NO2S/c11-18(16)17-8(6-15)5-7-3-1-2-4-9(7)10(12,13)14/h1-5H. The van der Waals surface area contributed by atoms with Crippen molar-refractivity contribution in [2.75, 3.05) is 0 Å². The molecule has 0 aliphatic carbocycles. The molecular weight excluding hydrogens is 291 g/mol. The van der Waals surface area contributed by atoms with Gasteiger partial charge >= 0.3 is 16.5 Å². The van der Waals surface area contributed by atoms with E-state index in [2.05, 4.69) is 4.18 Å². The Labute approximate surface area is 108 Å². The predicted octanol–water partition coefficient (Wildman–Crippen LogP) is 3.40. The average molecular weight is 296 g/mol. The van der Waals surface area contributed by atoms with Gasteiger partial charge in [0.15, 0.2) is 0 Å². The van der Waals surface area contributed by atoms with E-state index in [1.54, 1.807) is 0 Å². The lowest BCUT2D eigenvalue weighted by Gasteiger charge is -2.09. The summed E-state index contributed by atoms with van der Waals surface area (Å²) in [6.07, 6.45) is -3.74. The minimum atomic E-state index is -4.56. The lowest BCUT2D eigenvalue weighted by molar-refractivity contribution is -0.137. The van der Waals surface area contributed by atoms with E-state index in [9.17, 15) is 17.4 Å². The van der Waals surface area contributed by atoms with Crippen LogP contribution < -0.4 is 0 Å². The minimum Gasteiger partial charge on any atom is -0.377 e. The topological polar surface area (TPSA) is 50.1 Å². The van der Waals surface area contributed by atoms with Crippen molar-refractivity contribution in [1.82, 2.24) is 0 Å². The molecule has 96 valence electrons. The van der Waals surface area contributed by atoms with Gasteiger partial charge in [-0.15, -0.1) is 0 Å². The van der Waals surface area contributed by atoms with Crippen molar-refractivity contribution < 1.29 is 21.6 Å². The molecule has 8 heteroatoms. The number of benzene rings is 1. The lowest BCUT2D eigenvalue weighted by Crippen LogP contribution is -2.07. The summed E-state index contributed by atoms with van der Waals surface area (Å²) in [6, 6.07) is 6.05. The Morgan fingerprint density at radius 2 is 2.06 bits per heavy atom. The number of rotatable bonds is 3. The van der Waals surface area contributed by atoms with Crippen LogP contribution in [-0.2, 0) is 20.7 Å². The molecular formula is C10H5ClF3NO2S. The van der Waals surface area contributed by atoms with Gasteiger partial charge in [0.25, 0.3) is 0 Å². The summed E-state index contributed by atoms with van der Waals surface area (Å²) >= 11 is 0. The molecule has 0 bridgehead atoms. The van der Waals surface area contributed by atoms with E-state index in [0.29, 0.717) is 0 Å². The van der Waals surface area contributed by atoms with E-state index in [0.717, 1.165) is 18.2 Å². The van der Waals surface area contributed by atoms with Crippen LogP contribution in [0.15, 0.2) is 30.0 Å². The van der Waals surface area contributed by atoms with Crippen LogP contribution in [0.3, 0.4) is 0 Å². The molecule has 1 aromatic carbocycles. The molecule has 0 saturated carbocycles. The van der Waals surface area contributed by atoms with E-state index in [1.807, 2.05) is 0 Å². The number of halogens is 4. The summed E-state index contributed by atoms with van der Waals surface area (Å²) < 4.78 is 52.7. The number of hydrogen-bond donors (Lipinski definition) is 0. The third-order valence-corrected chi connectivity index (χ3v) is 2.32. The maximum atomic E-state index is 12.6. The van der Waals surface area contributed by atoms with Gasteiger partial charge in [0.1, 0.15) is 6.07 Å². The summed E-state index contributed by atoms with van der Waals surface area (Å²) in [5.41, 5.74) is -1.20. The maximum absolute atomic E-state index is 12.6. The lowest BCUT2D eigenvalue weighted by atomic mass is 10.1. The van der Waals surface area contributed by atoms with Gasteiger partial charge in [0, 0.05) is 16.8 Å². The van der Waals surface area contributed by atoms with Crippen LogP contribution in [0.5, 0.6) is 0 Å². The molecule has 18 heavy (non-hydrogen) atoms. The Balaban J connectivity index is 3.22. The zero-order valence-corrected chi connectivity index (χ0v) is 10.1. The van der Waals surface area contributed by atoms with E-state index in [4.69, 9.17) is 15.9 Å². The smallest absolute Gasteiger partial charge is 0.377 e. The second-order valence-corrected chi connectivity index (χ2v) is 4.29. The van der Waals surface area contributed by atoms with Gasteiger partial charge in [-0.3, -0.25) is 0 Å². The molecule has 1 unspecified atom stereocenters. The Morgan fingerprint density at radius 1 is 1.44 bits per heavy atom.